The first-order valence-corrected chi connectivity index (χ1v) is 9.13. The second-order valence-electron chi connectivity index (χ2n) is 5.13. The van der Waals surface area contributed by atoms with Gasteiger partial charge in [-0.25, -0.2) is 8.42 Å². The summed E-state index contributed by atoms with van der Waals surface area (Å²) in [6.45, 7) is 2.13. The molecule has 0 spiro atoms. The van der Waals surface area contributed by atoms with Crippen LogP contribution in [0.5, 0.6) is 0 Å². The number of sulfonamides is 1. The van der Waals surface area contributed by atoms with E-state index in [0.717, 1.165) is 0 Å². The van der Waals surface area contributed by atoms with Crippen LogP contribution in [-0.4, -0.2) is 33.3 Å². The van der Waals surface area contributed by atoms with Crippen molar-refractivity contribution in [2.45, 2.75) is 11.8 Å². The Hall–Kier alpha value is -2.87. The van der Waals surface area contributed by atoms with Crippen molar-refractivity contribution >= 4 is 27.5 Å². The normalized spacial score (nSPS) is 10.8. The van der Waals surface area contributed by atoms with E-state index in [1.807, 2.05) is 0 Å². The van der Waals surface area contributed by atoms with Crippen LogP contribution in [-0.2, 0) is 14.8 Å². The van der Waals surface area contributed by atoms with E-state index in [1.54, 1.807) is 37.3 Å². The number of carbonyl (C=O) groups is 2. The van der Waals surface area contributed by atoms with E-state index >= 15 is 0 Å². The van der Waals surface area contributed by atoms with Crippen LogP contribution in [0.25, 0.3) is 0 Å². The SMILES string of the molecule is CCNC(=O)CNC(=O)c1ccc(S(=O)(=O)Nc2ccccc2)cc1. The number of rotatable bonds is 7. The van der Waals surface area contributed by atoms with Crippen molar-refractivity contribution in [3.63, 3.8) is 0 Å². The van der Waals surface area contributed by atoms with E-state index < -0.39 is 15.9 Å². The number of benzene rings is 2. The van der Waals surface area contributed by atoms with Gasteiger partial charge in [0.25, 0.3) is 15.9 Å². The van der Waals surface area contributed by atoms with Crippen molar-refractivity contribution in [1.29, 1.82) is 0 Å². The Kier molecular flexibility index (Phi) is 6.13. The number of amides is 2. The van der Waals surface area contributed by atoms with Gasteiger partial charge in [0, 0.05) is 17.8 Å². The maximum absolute atomic E-state index is 12.3. The van der Waals surface area contributed by atoms with Crippen LogP contribution in [0.4, 0.5) is 5.69 Å². The van der Waals surface area contributed by atoms with E-state index in [1.165, 1.54) is 24.3 Å². The van der Waals surface area contributed by atoms with Gasteiger partial charge in [0.2, 0.25) is 5.91 Å². The zero-order valence-corrected chi connectivity index (χ0v) is 14.5. The molecular weight excluding hydrogens is 342 g/mol. The molecule has 2 aromatic rings. The summed E-state index contributed by atoms with van der Waals surface area (Å²) in [5, 5.41) is 5.03. The van der Waals surface area contributed by atoms with Crippen LogP contribution < -0.4 is 15.4 Å². The summed E-state index contributed by atoms with van der Waals surface area (Å²) >= 11 is 0. The average molecular weight is 361 g/mol. The highest BCUT2D eigenvalue weighted by molar-refractivity contribution is 7.92. The highest BCUT2D eigenvalue weighted by Gasteiger charge is 2.15. The number of carbonyl (C=O) groups excluding carboxylic acids is 2. The van der Waals surface area contributed by atoms with Crippen molar-refractivity contribution in [3.8, 4) is 0 Å². The second kappa shape index (κ2) is 8.29. The molecule has 0 heterocycles. The molecule has 0 aliphatic rings. The molecule has 8 heteroatoms. The summed E-state index contributed by atoms with van der Waals surface area (Å²) < 4.78 is 27.1. The fraction of sp³-hybridized carbons (Fsp3) is 0.176. The molecule has 0 radical (unpaired) electrons. The van der Waals surface area contributed by atoms with E-state index in [9.17, 15) is 18.0 Å². The van der Waals surface area contributed by atoms with Gasteiger partial charge in [0.05, 0.1) is 11.4 Å². The van der Waals surface area contributed by atoms with Gasteiger partial charge < -0.3 is 10.6 Å². The summed E-state index contributed by atoms with van der Waals surface area (Å²) in [7, 11) is -3.73. The molecule has 0 aliphatic heterocycles. The number of anilines is 1. The number of nitrogens with one attached hydrogen (secondary N) is 3. The van der Waals surface area contributed by atoms with Crippen molar-refractivity contribution < 1.29 is 18.0 Å². The maximum Gasteiger partial charge on any atom is 0.261 e. The minimum atomic E-state index is -3.73. The summed E-state index contributed by atoms with van der Waals surface area (Å²) in [4.78, 5) is 23.3. The number of likely N-dealkylation sites (N-methyl/N-ethyl adjacent to an activating group) is 1. The molecule has 3 N–H and O–H groups in total. The van der Waals surface area contributed by atoms with Gasteiger partial charge in [0.15, 0.2) is 0 Å². The van der Waals surface area contributed by atoms with Crippen molar-refractivity contribution in [3.05, 3.63) is 60.2 Å². The second-order valence-corrected chi connectivity index (χ2v) is 6.81. The molecule has 0 fully saturated rings. The van der Waals surface area contributed by atoms with Gasteiger partial charge in [-0.3, -0.25) is 14.3 Å². The van der Waals surface area contributed by atoms with Crippen molar-refractivity contribution in [2.75, 3.05) is 17.8 Å². The molecule has 0 saturated heterocycles. The van der Waals surface area contributed by atoms with Gasteiger partial charge in [-0.1, -0.05) is 18.2 Å². The third-order valence-electron chi connectivity index (χ3n) is 3.24. The molecule has 132 valence electrons. The predicted octanol–water partition coefficient (Wildman–Crippen LogP) is 1.35. The zero-order chi connectivity index (χ0) is 18.3. The molecule has 0 aliphatic carbocycles. The number of hydrogen-bond donors (Lipinski definition) is 3. The molecule has 25 heavy (non-hydrogen) atoms. The van der Waals surface area contributed by atoms with Crippen LogP contribution in [0.15, 0.2) is 59.5 Å². The predicted molar refractivity (Wildman–Crippen MR) is 94.7 cm³/mol. The largest absolute Gasteiger partial charge is 0.355 e. The topological polar surface area (TPSA) is 104 Å². The first-order valence-electron chi connectivity index (χ1n) is 7.65. The van der Waals surface area contributed by atoms with E-state index in [2.05, 4.69) is 15.4 Å². The zero-order valence-electron chi connectivity index (χ0n) is 13.7. The first-order chi connectivity index (χ1) is 11.9. The van der Waals surface area contributed by atoms with Crippen LogP contribution in [0, 0.1) is 0 Å². The Morgan fingerprint density at radius 2 is 1.56 bits per heavy atom. The number of para-hydroxylation sites is 1. The van der Waals surface area contributed by atoms with Crippen molar-refractivity contribution in [2.24, 2.45) is 0 Å². The molecule has 2 amide bonds. The number of hydrogen-bond acceptors (Lipinski definition) is 4. The minimum Gasteiger partial charge on any atom is -0.355 e. The summed E-state index contributed by atoms with van der Waals surface area (Å²) in [6, 6.07) is 14.0. The molecule has 2 rings (SSSR count). The summed E-state index contributed by atoms with van der Waals surface area (Å²) in [6.07, 6.45) is 0. The fourth-order valence-corrected chi connectivity index (χ4v) is 3.09. The molecule has 0 aromatic heterocycles. The highest BCUT2D eigenvalue weighted by Crippen LogP contribution is 2.16. The molecule has 7 nitrogen and oxygen atoms in total. The average Bonchev–Trinajstić information content (AvgIpc) is 2.60. The van der Waals surface area contributed by atoms with Crippen molar-refractivity contribution in [1.82, 2.24) is 10.6 Å². The lowest BCUT2D eigenvalue weighted by molar-refractivity contribution is -0.120. The Morgan fingerprint density at radius 3 is 2.16 bits per heavy atom. The third kappa shape index (κ3) is 5.32. The van der Waals surface area contributed by atoms with Gasteiger partial charge >= 0.3 is 0 Å². The standard InChI is InChI=1S/C17H19N3O4S/c1-2-18-16(21)12-19-17(22)13-8-10-15(11-9-13)25(23,24)20-14-6-4-3-5-7-14/h3-11,20H,2,12H2,1H3,(H,18,21)(H,19,22). The van der Waals surface area contributed by atoms with E-state index in [-0.39, 0.29) is 22.9 Å². The van der Waals surface area contributed by atoms with Crippen LogP contribution in [0.2, 0.25) is 0 Å². The fourth-order valence-electron chi connectivity index (χ4n) is 2.03. The highest BCUT2D eigenvalue weighted by atomic mass is 32.2. The van der Waals surface area contributed by atoms with Gasteiger partial charge in [-0.15, -0.1) is 0 Å². The lowest BCUT2D eigenvalue weighted by atomic mass is 10.2. The van der Waals surface area contributed by atoms with Crippen LogP contribution >= 0.6 is 0 Å². The molecule has 0 bridgehead atoms. The quantitative estimate of drug-likeness (QED) is 0.692. The van der Waals surface area contributed by atoms with Gasteiger partial charge in [0.1, 0.15) is 0 Å². The van der Waals surface area contributed by atoms with Crippen LogP contribution in [0.1, 0.15) is 17.3 Å². The van der Waals surface area contributed by atoms with Gasteiger partial charge in [-0.2, -0.15) is 0 Å². The molecule has 2 aromatic carbocycles. The smallest absolute Gasteiger partial charge is 0.261 e. The Bertz CT molecular complexity index is 834. The molecule has 0 atom stereocenters. The van der Waals surface area contributed by atoms with E-state index in [0.29, 0.717) is 12.2 Å². The lowest BCUT2D eigenvalue weighted by Gasteiger charge is -2.09. The molecular formula is C17H19N3O4S. The molecule has 0 saturated carbocycles. The monoisotopic (exact) mass is 361 g/mol. The lowest BCUT2D eigenvalue weighted by Crippen LogP contribution is -2.36. The molecule has 0 unspecified atom stereocenters. The van der Waals surface area contributed by atoms with Crippen LogP contribution in [0.3, 0.4) is 0 Å². The first kappa shape index (κ1) is 18.5. The van der Waals surface area contributed by atoms with E-state index in [4.69, 9.17) is 0 Å². The maximum atomic E-state index is 12.3. The Morgan fingerprint density at radius 1 is 0.920 bits per heavy atom. The Balaban J connectivity index is 2.03. The minimum absolute atomic E-state index is 0.0385. The summed E-state index contributed by atoms with van der Waals surface area (Å²) in [5.41, 5.74) is 0.717. The van der Waals surface area contributed by atoms with Gasteiger partial charge in [-0.05, 0) is 43.3 Å². The third-order valence-corrected chi connectivity index (χ3v) is 4.63. The summed E-state index contributed by atoms with van der Waals surface area (Å²) in [5.74, 6) is -0.742. The Labute approximate surface area is 146 Å².